The van der Waals surface area contributed by atoms with Gasteiger partial charge in [-0.2, -0.15) is 11.8 Å². The molecule has 0 aliphatic rings. The van der Waals surface area contributed by atoms with Crippen molar-refractivity contribution in [1.82, 2.24) is 9.55 Å². The summed E-state index contributed by atoms with van der Waals surface area (Å²) in [5.41, 5.74) is 0.637. The smallest absolute Gasteiger partial charge is 0.184 e. The van der Waals surface area contributed by atoms with Crippen molar-refractivity contribution < 1.29 is 8.78 Å². The molecule has 1 aromatic heterocycles. The summed E-state index contributed by atoms with van der Waals surface area (Å²) in [6, 6.07) is 2.57. The van der Waals surface area contributed by atoms with Crippen molar-refractivity contribution in [2.75, 3.05) is 12.0 Å². The Morgan fingerprint density at radius 3 is 2.63 bits per heavy atom. The van der Waals surface area contributed by atoms with Crippen molar-refractivity contribution in [2.45, 2.75) is 25.3 Å². The van der Waals surface area contributed by atoms with Crippen LogP contribution in [0.5, 0.6) is 0 Å². The molecule has 0 aliphatic carbocycles. The minimum atomic E-state index is -0.862. The second kappa shape index (κ2) is 5.67. The topological polar surface area (TPSA) is 17.8 Å². The Kier molecular flexibility index (Phi) is 4.36. The van der Waals surface area contributed by atoms with E-state index in [-0.39, 0.29) is 16.9 Å². The maximum atomic E-state index is 14.1. The first kappa shape index (κ1) is 14.6. The summed E-state index contributed by atoms with van der Waals surface area (Å²) < 4.78 is 29.2. The first-order valence-electron chi connectivity index (χ1n) is 5.96. The number of hydrogen-bond acceptors (Lipinski definition) is 2. The lowest BCUT2D eigenvalue weighted by molar-refractivity contribution is 0.504. The van der Waals surface area contributed by atoms with Crippen LogP contribution in [0.2, 0.25) is 0 Å². The fraction of sp³-hybridized carbons (Fsp3) is 0.462. The van der Waals surface area contributed by atoms with Crippen molar-refractivity contribution in [2.24, 2.45) is 0 Å². The summed E-state index contributed by atoms with van der Waals surface area (Å²) in [7, 11) is 0. The van der Waals surface area contributed by atoms with Gasteiger partial charge < -0.3 is 4.57 Å². The van der Waals surface area contributed by atoms with Crippen LogP contribution in [0.3, 0.4) is 0 Å². The van der Waals surface area contributed by atoms with Crippen LogP contribution < -0.4 is 0 Å². The third kappa shape index (κ3) is 2.58. The summed E-state index contributed by atoms with van der Waals surface area (Å²) in [5.74, 6) is -0.374. The second-order valence-electron chi connectivity index (χ2n) is 4.49. The molecule has 0 N–H and O–H groups in total. The van der Waals surface area contributed by atoms with Crippen molar-refractivity contribution in [3.8, 4) is 0 Å². The van der Waals surface area contributed by atoms with Crippen LogP contribution in [0.15, 0.2) is 12.1 Å². The molecule has 6 heteroatoms. The molecular formula is C13H15ClF2N2S. The second-order valence-corrected chi connectivity index (χ2v) is 6.05. The van der Waals surface area contributed by atoms with Crippen molar-refractivity contribution in [1.29, 1.82) is 0 Å². The molecule has 0 saturated heterocycles. The van der Waals surface area contributed by atoms with Gasteiger partial charge in [0.05, 0.1) is 10.9 Å². The van der Waals surface area contributed by atoms with Gasteiger partial charge in [0, 0.05) is 11.8 Å². The molecule has 2 rings (SSSR count). The van der Waals surface area contributed by atoms with Crippen molar-refractivity contribution >= 4 is 34.4 Å². The van der Waals surface area contributed by atoms with Gasteiger partial charge in [-0.15, -0.1) is 11.6 Å². The van der Waals surface area contributed by atoms with Crippen LogP contribution in [0.1, 0.15) is 31.1 Å². The number of thioether (sulfide) groups is 1. The van der Waals surface area contributed by atoms with Gasteiger partial charge >= 0.3 is 0 Å². The summed E-state index contributed by atoms with van der Waals surface area (Å²) in [4.78, 5) is 4.33. The van der Waals surface area contributed by atoms with E-state index < -0.39 is 11.6 Å². The predicted molar refractivity (Wildman–Crippen MR) is 77.0 cm³/mol. The highest BCUT2D eigenvalue weighted by Crippen LogP contribution is 2.31. The average Bonchev–Trinajstić information content (AvgIpc) is 2.74. The summed E-state index contributed by atoms with van der Waals surface area (Å²) in [6.45, 7) is 3.73. The quantitative estimate of drug-likeness (QED) is 0.772. The van der Waals surface area contributed by atoms with E-state index in [0.717, 1.165) is 11.8 Å². The van der Waals surface area contributed by atoms with E-state index in [1.165, 1.54) is 6.07 Å². The van der Waals surface area contributed by atoms with E-state index in [2.05, 4.69) is 4.98 Å². The Hall–Kier alpha value is -0.810. The number of rotatable bonds is 4. The monoisotopic (exact) mass is 304 g/mol. The van der Waals surface area contributed by atoms with Gasteiger partial charge in [0.25, 0.3) is 0 Å². The largest absolute Gasteiger partial charge is 0.321 e. The predicted octanol–water partition coefficient (Wildman–Crippen LogP) is 4.54. The normalized spacial score (nSPS) is 14.8. The summed E-state index contributed by atoms with van der Waals surface area (Å²) in [5, 5.41) is -0.362. The van der Waals surface area contributed by atoms with E-state index in [0.29, 0.717) is 11.3 Å². The van der Waals surface area contributed by atoms with Crippen LogP contribution in [0.4, 0.5) is 8.78 Å². The Bertz CT molecular complexity index is 598. The fourth-order valence-corrected chi connectivity index (χ4v) is 2.97. The molecular weight excluding hydrogens is 290 g/mol. The Balaban J connectivity index is 2.74. The molecule has 2 atom stereocenters. The lowest BCUT2D eigenvalue weighted by Crippen LogP contribution is -2.13. The van der Waals surface area contributed by atoms with Crippen molar-refractivity contribution in [3.63, 3.8) is 0 Å². The molecule has 1 aromatic carbocycles. The van der Waals surface area contributed by atoms with E-state index in [4.69, 9.17) is 11.6 Å². The first-order valence-corrected chi connectivity index (χ1v) is 7.79. The van der Waals surface area contributed by atoms with E-state index >= 15 is 0 Å². The third-order valence-electron chi connectivity index (χ3n) is 2.97. The van der Waals surface area contributed by atoms with Gasteiger partial charge in [-0.1, -0.05) is 0 Å². The number of halogens is 3. The van der Waals surface area contributed by atoms with Crippen molar-refractivity contribution in [3.05, 3.63) is 29.6 Å². The molecule has 0 aliphatic heterocycles. The minimum absolute atomic E-state index is 0.00694. The number of imidazole rings is 1. The lowest BCUT2D eigenvalue weighted by Gasteiger charge is -2.18. The lowest BCUT2D eigenvalue weighted by atomic mass is 10.2. The highest BCUT2D eigenvalue weighted by atomic mass is 35.5. The van der Waals surface area contributed by atoms with Gasteiger partial charge in [0.15, 0.2) is 11.6 Å². The molecule has 2 aromatic rings. The highest BCUT2D eigenvalue weighted by Gasteiger charge is 2.22. The van der Waals surface area contributed by atoms with E-state index in [1.807, 2.05) is 13.2 Å². The number of alkyl halides is 1. The molecule has 2 unspecified atom stereocenters. The van der Waals surface area contributed by atoms with Crippen LogP contribution in [-0.4, -0.2) is 21.6 Å². The van der Waals surface area contributed by atoms with Crippen LogP contribution in [0.25, 0.3) is 11.0 Å². The van der Waals surface area contributed by atoms with Crippen LogP contribution in [0, 0.1) is 11.6 Å². The molecule has 104 valence electrons. The number of aromatic nitrogens is 2. The molecule has 0 fully saturated rings. The number of nitrogens with zero attached hydrogens (tertiary/aromatic N) is 2. The first-order chi connectivity index (χ1) is 8.97. The molecule has 0 saturated carbocycles. The van der Waals surface area contributed by atoms with Gasteiger partial charge in [-0.3, -0.25) is 0 Å². The van der Waals surface area contributed by atoms with E-state index in [9.17, 15) is 8.78 Å². The molecule has 0 spiro atoms. The maximum Gasteiger partial charge on any atom is 0.184 e. The Morgan fingerprint density at radius 2 is 2.05 bits per heavy atom. The third-order valence-corrected chi connectivity index (χ3v) is 3.99. The molecule has 1 heterocycles. The minimum Gasteiger partial charge on any atom is -0.321 e. The average molecular weight is 305 g/mol. The fourth-order valence-electron chi connectivity index (χ4n) is 2.18. The van der Waals surface area contributed by atoms with Gasteiger partial charge in [-0.05, 0) is 32.2 Å². The number of fused-ring (bicyclic) bond motifs is 1. The maximum absolute atomic E-state index is 14.1. The van der Waals surface area contributed by atoms with Crippen LogP contribution in [-0.2, 0) is 0 Å². The molecule has 0 amide bonds. The summed E-state index contributed by atoms with van der Waals surface area (Å²) >= 11 is 7.75. The zero-order valence-electron chi connectivity index (χ0n) is 11.0. The zero-order chi connectivity index (χ0) is 14.2. The Morgan fingerprint density at radius 1 is 1.37 bits per heavy atom. The standard InChI is InChI=1S/C13H15ClF2N2S/c1-7(6-19-3)18-12-10(17-13(18)8(2)14)5-4-9(15)11(12)16/h4-5,7-8H,6H2,1-3H3. The summed E-state index contributed by atoms with van der Waals surface area (Å²) in [6.07, 6.45) is 1.97. The van der Waals surface area contributed by atoms with E-state index in [1.54, 1.807) is 23.3 Å². The number of hydrogen-bond donors (Lipinski definition) is 0. The Labute approximate surface area is 120 Å². The molecule has 19 heavy (non-hydrogen) atoms. The molecule has 2 nitrogen and oxygen atoms in total. The SMILES string of the molecule is CSCC(C)n1c(C(C)Cl)nc2ccc(F)c(F)c21. The van der Waals surface area contributed by atoms with Gasteiger partial charge in [0.2, 0.25) is 0 Å². The van der Waals surface area contributed by atoms with Crippen LogP contribution >= 0.6 is 23.4 Å². The highest BCUT2D eigenvalue weighted by molar-refractivity contribution is 7.98. The number of benzene rings is 1. The molecule has 0 radical (unpaired) electrons. The van der Waals surface area contributed by atoms with Gasteiger partial charge in [-0.25, -0.2) is 13.8 Å². The van der Waals surface area contributed by atoms with Gasteiger partial charge in [0.1, 0.15) is 11.3 Å². The molecule has 0 bridgehead atoms. The zero-order valence-corrected chi connectivity index (χ0v) is 12.5.